The molecular weight excluding hydrogens is 406 g/mol. The van der Waals surface area contributed by atoms with Crippen LogP contribution < -0.4 is 10.6 Å². The summed E-state index contributed by atoms with van der Waals surface area (Å²) in [6.45, 7) is 13.0. The van der Waals surface area contributed by atoms with Crippen molar-refractivity contribution in [2.45, 2.75) is 104 Å². The van der Waals surface area contributed by atoms with E-state index >= 15 is 0 Å². The number of hydrogen-bond acceptors (Lipinski definition) is 4. The quantitative estimate of drug-likeness (QED) is 0.595. The molecule has 0 bridgehead atoms. The molecule has 0 saturated heterocycles. The summed E-state index contributed by atoms with van der Waals surface area (Å²) < 4.78 is 5.30. The highest BCUT2D eigenvalue weighted by Gasteiger charge is 2.43. The fourth-order valence-electron chi connectivity index (χ4n) is 3.75. The molecule has 0 heterocycles. The summed E-state index contributed by atoms with van der Waals surface area (Å²) in [5.41, 5.74) is 1.13. The van der Waals surface area contributed by atoms with E-state index in [4.69, 9.17) is 4.74 Å². The van der Waals surface area contributed by atoms with Crippen molar-refractivity contribution in [3.63, 3.8) is 0 Å². The third kappa shape index (κ3) is 7.53. The Morgan fingerprint density at radius 2 is 1.81 bits per heavy atom. The molecule has 2 rings (SSSR count). The van der Waals surface area contributed by atoms with Gasteiger partial charge in [-0.05, 0) is 66.4 Å². The molecule has 32 heavy (non-hydrogen) atoms. The molecule has 1 saturated carbocycles. The molecule has 3 unspecified atom stereocenters. The summed E-state index contributed by atoms with van der Waals surface area (Å²) in [5, 5.41) is 5.72. The van der Waals surface area contributed by atoms with E-state index in [1.54, 1.807) is 32.6 Å². The van der Waals surface area contributed by atoms with Crippen LogP contribution in [0, 0.1) is 6.92 Å². The number of amides is 3. The van der Waals surface area contributed by atoms with Crippen LogP contribution >= 0.6 is 0 Å². The van der Waals surface area contributed by atoms with Gasteiger partial charge in [-0.2, -0.15) is 0 Å². The lowest BCUT2D eigenvalue weighted by Gasteiger charge is -2.34. The van der Waals surface area contributed by atoms with Crippen molar-refractivity contribution >= 4 is 17.9 Å². The lowest BCUT2D eigenvalue weighted by atomic mass is 10.00. The lowest BCUT2D eigenvalue weighted by molar-refractivity contribution is -0.143. The maximum atomic E-state index is 13.5. The number of carbonyl (C=O) groups excluding carboxylic acids is 3. The molecule has 1 aliphatic rings. The Labute approximate surface area is 192 Å². The average Bonchev–Trinajstić information content (AvgIpc) is 3.48. The monoisotopic (exact) mass is 445 g/mol. The number of benzene rings is 1. The van der Waals surface area contributed by atoms with E-state index in [2.05, 4.69) is 17.6 Å². The minimum Gasteiger partial charge on any atom is -0.444 e. The Balaban J connectivity index is 2.31. The molecule has 1 fully saturated rings. The largest absolute Gasteiger partial charge is 0.444 e. The van der Waals surface area contributed by atoms with Crippen LogP contribution in [0.5, 0.6) is 0 Å². The van der Waals surface area contributed by atoms with Crippen LogP contribution in [-0.4, -0.2) is 46.5 Å². The van der Waals surface area contributed by atoms with Gasteiger partial charge in [-0.1, -0.05) is 43.2 Å². The van der Waals surface area contributed by atoms with E-state index in [1.807, 2.05) is 38.1 Å². The molecule has 3 amide bonds. The molecule has 0 spiro atoms. The van der Waals surface area contributed by atoms with Gasteiger partial charge in [0.2, 0.25) is 11.8 Å². The first kappa shape index (κ1) is 25.7. The molecule has 1 aliphatic carbocycles. The Bertz CT molecular complexity index is 814. The van der Waals surface area contributed by atoms with E-state index in [-0.39, 0.29) is 23.9 Å². The fourth-order valence-corrected chi connectivity index (χ4v) is 3.75. The van der Waals surface area contributed by atoms with Crippen LogP contribution in [0.4, 0.5) is 4.79 Å². The molecule has 178 valence electrons. The number of ether oxygens (including phenoxy) is 1. The number of carbonyl (C=O) groups is 3. The highest BCUT2D eigenvalue weighted by atomic mass is 16.6. The van der Waals surface area contributed by atoms with E-state index in [1.165, 1.54) is 0 Å². The Kier molecular flexibility index (Phi) is 8.70. The molecule has 0 aliphatic heterocycles. The lowest BCUT2D eigenvalue weighted by Crippen LogP contribution is -2.53. The van der Waals surface area contributed by atoms with Gasteiger partial charge in [0.25, 0.3) is 0 Å². The first-order valence-corrected chi connectivity index (χ1v) is 11.6. The zero-order valence-electron chi connectivity index (χ0n) is 20.5. The number of nitrogens with zero attached hydrogens (tertiary/aromatic N) is 1. The van der Waals surface area contributed by atoms with Crippen LogP contribution in [-0.2, 0) is 14.3 Å². The summed E-state index contributed by atoms with van der Waals surface area (Å²) in [5.74, 6) is -0.482. The fraction of sp³-hybridized carbons (Fsp3) is 0.640. The van der Waals surface area contributed by atoms with Gasteiger partial charge in [-0.3, -0.25) is 9.59 Å². The molecular formula is C25H39N3O4. The standard InChI is InChI=1S/C25H39N3O4/c1-8-10-17(3)26-22(29)21(19-12-9-11-16(2)15-19)28(20-13-14-20)23(30)18(4)27-24(31)32-25(5,6)7/h9,11-12,15,17-18,20-21H,8,10,13-14H2,1-7H3,(H,26,29)(H,27,31). The predicted octanol–water partition coefficient (Wildman–Crippen LogP) is 4.25. The maximum absolute atomic E-state index is 13.5. The number of aryl methyl sites for hydroxylation is 1. The molecule has 7 nitrogen and oxygen atoms in total. The Hall–Kier alpha value is -2.57. The molecule has 2 N–H and O–H groups in total. The zero-order valence-corrected chi connectivity index (χ0v) is 20.5. The summed E-state index contributed by atoms with van der Waals surface area (Å²) in [6, 6.07) is 6.11. The van der Waals surface area contributed by atoms with Crippen molar-refractivity contribution in [3.05, 3.63) is 35.4 Å². The van der Waals surface area contributed by atoms with Crippen molar-refractivity contribution in [3.8, 4) is 0 Å². The smallest absolute Gasteiger partial charge is 0.408 e. The summed E-state index contributed by atoms with van der Waals surface area (Å²) in [4.78, 5) is 40.8. The minimum absolute atomic E-state index is 0.00766. The normalized spacial score (nSPS) is 16.5. The SMILES string of the molecule is CCCC(C)NC(=O)C(c1cccc(C)c1)N(C(=O)C(C)NC(=O)OC(C)(C)C)C1CC1. The van der Waals surface area contributed by atoms with Crippen LogP contribution in [0.25, 0.3) is 0 Å². The summed E-state index contributed by atoms with van der Waals surface area (Å²) in [6.07, 6.45) is 2.84. The van der Waals surface area contributed by atoms with Crippen LogP contribution in [0.3, 0.4) is 0 Å². The van der Waals surface area contributed by atoms with E-state index in [0.29, 0.717) is 0 Å². The van der Waals surface area contributed by atoms with Gasteiger partial charge in [-0.15, -0.1) is 0 Å². The van der Waals surface area contributed by atoms with Gasteiger partial charge in [0, 0.05) is 12.1 Å². The first-order chi connectivity index (χ1) is 14.9. The molecule has 1 aromatic rings. The Morgan fingerprint density at radius 3 is 2.34 bits per heavy atom. The van der Waals surface area contributed by atoms with Crippen LogP contribution in [0.1, 0.15) is 84.4 Å². The predicted molar refractivity (Wildman–Crippen MR) is 125 cm³/mol. The minimum atomic E-state index is -0.821. The summed E-state index contributed by atoms with van der Waals surface area (Å²) >= 11 is 0. The Morgan fingerprint density at radius 1 is 1.16 bits per heavy atom. The number of nitrogens with one attached hydrogen (secondary N) is 2. The third-order valence-electron chi connectivity index (χ3n) is 5.29. The second-order valence-corrected chi connectivity index (χ2v) is 9.86. The zero-order chi connectivity index (χ0) is 24.1. The maximum Gasteiger partial charge on any atom is 0.408 e. The highest BCUT2D eigenvalue weighted by Crippen LogP contribution is 2.36. The van der Waals surface area contributed by atoms with Gasteiger partial charge in [0.05, 0.1) is 0 Å². The van der Waals surface area contributed by atoms with E-state index < -0.39 is 23.8 Å². The van der Waals surface area contributed by atoms with Crippen LogP contribution in [0.15, 0.2) is 24.3 Å². The van der Waals surface area contributed by atoms with Gasteiger partial charge in [0.1, 0.15) is 17.7 Å². The van der Waals surface area contributed by atoms with Crippen LogP contribution in [0.2, 0.25) is 0 Å². The van der Waals surface area contributed by atoms with E-state index in [9.17, 15) is 14.4 Å². The van der Waals surface area contributed by atoms with Crippen molar-refractivity contribution in [2.24, 2.45) is 0 Å². The van der Waals surface area contributed by atoms with Crippen molar-refractivity contribution in [1.29, 1.82) is 0 Å². The first-order valence-electron chi connectivity index (χ1n) is 11.6. The molecule has 7 heteroatoms. The molecule has 1 aromatic carbocycles. The second-order valence-electron chi connectivity index (χ2n) is 9.86. The molecule has 3 atom stereocenters. The average molecular weight is 446 g/mol. The second kappa shape index (κ2) is 10.8. The van der Waals surface area contributed by atoms with Gasteiger partial charge < -0.3 is 20.3 Å². The number of rotatable bonds is 9. The van der Waals surface area contributed by atoms with Gasteiger partial charge in [0.15, 0.2) is 0 Å². The molecule has 0 aromatic heterocycles. The van der Waals surface area contributed by atoms with Crippen molar-refractivity contribution < 1.29 is 19.1 Å². The van der Waals surface area contributed by atoms with Crippen molar-refractivity contribution in [1.82, 2.24) is 15.5 Å². The van der Waals surface area contributed by atoms with E-state index in [0.717, 1.165) is 36.8 Å². The number of hydrogen-bond donors (Lipinski definition) is 2. The third-order valence-corrected chi connectivity index (χ3v) is 5.29. The van der Waals surface area contributed by atoms with Gasteiger partial charge >= 0.3 is 6.09 Å². The van der Waals surface area contributed by atoms with Crippen molar-refractivity contribution in [2.75, 3.05) is 0 Å². The summed E-state index contributed by atoms with van der Waals surface area (Å²) in [7, 11) is 0. The number of alkyl carbamates (subject to hydrolysis) is 1. The topological polar surface area (TPSA) is 87.7 Å². The highest BCUT2D eigenvalue weighted by molar-refractivity contribution is 5.92. The van der Waals surface area contributed by atoms with Gasteiger partial charge in [-0.25, -0.2) is 4.79 Å². The molecule has 0 radical (unpaired) electrons.